The second kappa shape index (κ2) is 5.95. The Morgan fingerprint density at radius 2 is 1.81 bits per heavy atom. The van der Waals surface area contributed by atoms with Gasteiger partial charge < -0.3 is 0 Å². The summed E-state index contributed by atoms with van der Waals surface area (Å²) in [6.07, 6.45) is 4.70. The molecule has 1 aromatic carbocycles. The highest BCUT2D eigenvalue weighted by Crippen LogP contribution is 2.25. The number of nitrogens with zero attached hydrogens (tertiary/aromatic N) is 5. The van der Waals surface area contributed by atoms with Crippen molar-refractivity contribution in [1.29, 1.82) is 0 Å². The van der Waals surface area contributed by atoms with E-state index in [1.54, 1.807) is 54.1 Å². The molecule has 132 valence electrons. The first-order valence-corrected chi connectivity index (χ1v) is 9.32. The molecule has 0 amide bonds. The van der Waals surface area contributed by atoms with Crippen molar-refractivity contribution in [3.05, 3.63) is 55.0 Å². The number of pyridine rings is 1. The number of fused-ring (bicyclic) bond motifs is 1. The normalized spacial score (nSPS) is 11.8. The SMILES string of the molecule is Cn1nccc1-c1ccc(S(=O)(=O)Nc2cccc3cnn(C)c23)cn1. The van der Waals surface area contributed by atoms with Crippen LogP contribution in [0.5, 0.6) is 0 Å². The van der Waals surface area contributed by atoms with Crippen molar-refractivity contribution in [1.82, 2.24) is 24.5 Å². The minimum Gasteiger partial charge on any atom is -0.277 e. The topological polar surface area (TPSA) is 94.7 Å². The van der Waals surface area contributed by atoms with Gasteiger partial charge in [0.15, 0.2) is 0 Å². The van der Waals surface area contributed by atoms with Gasteiger partial charge in [0.05, 0.1) is 28.8 Å². The van der Waals surface area contributed by atoms with Gasteiger partial charge in [-0.1, -0.05) is 12.1 Å². The number of benzene rings is 1. The van der Waals surface area contributed by atoms with Crippen LogP contribution in [-0.2, 0) is 24.1 Å². The van der Waals surface area contributed by atoms with Crippen molar-refractivity contribution in [2.45, 2.75) is 4.90 Å². The summed E-state index contributed by atoms with van der Waals surface area (Å²) in [5, 5.41) is 9.12. The molecule has 4 aromatic rings. The highest BCUT2D eigenvalue weighted by atomic mass is 32.2. The summed E-state index contributed by atoms with van der Waals surface area (Å²) in [4.78, 5) is 4.35. The third-order valence-corrected chi connectivity index (χ3v) is 5.49. The minimum absolute atomic E-state index is 0.0857. The molecule has 0 aliphatic rings. The van der Waals surface area contributed by atoms with Gasteiger partial charge in [-0.2, -0.15) is 10.2 Å². The van der Waals surface area contributed by atoms with Gasteiger partial charge in [-0.15, -0.1) is 0 Å². The Morgan fingerprint density at radius 1 is 0.962 bits per heavy atom. The van der Waals surface area contributed by atoms with Crippen molar-refractivity contribution >= 4 is 26.6 Å². The molecule has 3 aromatic heterocycles. The van der Waals surface area contributed by atoms with Gasteiger partial charge in [-0.3, -0.25) is 19.1 Å². The fourth-order valence-electron chi connectivity index (χ4n) is 2.84. The lowest BCUT2D eigenvalue weighted by atomic mass is 10.2. The van der Waals surface area contributed by atoms with Crippen LogP contribution in [0.15, 0.2) is 59.9 Å². The van der Waals surface area contributed by atoms with Gasteiger partial charge in [0.2, 0.25) is 0 Å². The summed E-state index contributed by atoms with van der Waals surface area (Å²) in [5.74, 6) is 0. The first-order valence-electron chi connectivity index (χ1n) is 7.84. The van der Waals surface area contributed by atoms with Gasteiger partial charge in [0.25, 0.3) is 10.0 Å². The number of hydrogen-bond donors (Lipinski definition) is 1. The van der Waals surface area contributed by atoms with Crippen molar-refractivity contribution in [2.24, 2.45) is 14.1 Å². The van der Waals surface area contributed by atoms with Crippen LogP contribution in [0, 0.1) is 0 Å². The van der Waals surface area contributed by atoms with E-state index in [1.165, 1.54) is 12.3 Å². The molecule has 0 aliphatic carbocycles. The average molecular weight is 368 g/mol. The summed E-state index contributed by atoms with van der Waals surface area (Å²) in [6.45, 7) is 0. The number of anilines is 1. The summed E-state index contributed by atoms with van der Waals surface area (Å²) in [5.41, 5.74) is 2.65. The van der Waals surface area contributed by atoms with Gasteiger partial charge in [0, 0.05) is 31.9 Å². The van der Waals surface area contributed by atoms with E-state index in [0.29, 0.717) is 11.4 Å². The number of rotatable bonds is 4. The molecule has 1 N–H and O–H groups in total. The highest BCUT2D eigenvalue weighted by Gasteiger charge is 2.18. The maximum atomic E-state index is 12.7. The van der Waals surface area contributed by atoms with E-state index in [0.717, 1.165) is 16.6 Å². The number of aromatic nitrogens is 5. The van der Waals surface area contributed by atoms with Crippen LogP contribution in [-0.4, -0.2) is 33.0 Å². The molecule has 0 atom stereocenters. The zero-order chi connectivity index (χ0) is 18.3. The molecule has 0 unspecified atom stereocenters. The molecule has 0 bridgehead atoms. The Morgan fingerprint density at radius 3 is 2.50 bits per heavy atom. The smallest absolute Gasteiger partial charge is 0.263 e. The van der Waals surface area contributed by atoms with Crippen molar-refractivity contribution in [3.63, 3.8) is 0 Å². The molecule has 26 heavy (non-hydrogen) atoms. The molecule has 0 saturated carbocycles. The number of sulfonamides is 1. The molecule has 4 rings (SSSR count). The quantitative estimate of drug-likeness (QED) is 0.596. The molecule has 0 aliphatic heterocycles. The minimum atomic E-state index is -3.77. The maximum Gasteiger partial charge on any atom is 0.263 e. The van der Waals surface area contributed by atoms with Crippen LogP contribution >= 0.6 is 0 Å². The molecule has 0 saturated heterocycles. The number of aryl methyl sites for hydroxylation is 2. The zero-order valence-electron chi connectivity index (χ0n) is 14.2. The molecular formula is C17H16N6O2S. The van der Waals surface area contributed by atoms with E-state index in [1.807, 2.05) is 12.1 Å². The lowest BCUT2D eigenvalue weighted by molar-refractivity contribution is 0.601. The first-order chi connectivity index (χ1) is 12.5. The highest BCUT2D eigenvalue weighted by molar-refractivity contribution is 7.92. The number of nitrogens with one attached hydrogen (secondary N) is 1. The van der Waals surface area contributed by atoms with Crippen LogP contribution in [0.25, 0.3) is 22.3 Å². The van der Waals surface area contributed by atoms with Crippen LogP contribution < -0.4 is 4.72 Å². The monoisotopic (exact) mass is 368 g/mol. The molecule has 9 heteroatoms. The Kier molecular flexibility index (Phi) is 3.73. The maximum absolute atomic E-state index is 12.7. The third kappa shape index (κ3) is 2.72. The number of hydrogen-bond acceptors (Lipinski definition) is 5. The van der Waals surface area contributed by atoms with Crippen LogP contribution in [0.2, 0.25) is 0 Å². The van der Waals surface area contributed by atoms with Gasteiger partial charge >= 0.3 is 0 Å². The summed E-state index contributed by atoms with van der Waals surface area (Å²) < 4.78 is 31.4. The summed E-state index contributed by atoms with van der Waals surface area (Å²) in [7, 11) is -0.200. The molecule has 0 spiro atoms. The zero-order valence-corrected chi connectivity index (χ0v) is 15.0. The summed E-state index contributed by atoms with van der Waals surface area (Å²) in [6, 6.07) is 10.4. The van der Waals surface area contributed by atoms with E-state index in [-0.39, 0.29) is 4.90 Å². The predicted octanol–water partition coefficient (Wildman–Crippen LogP) is 2.17. The Balaban J connectivity index is 1.68. The predicted molar refractivity (Wildman–Crippen MR) is 98.0 cm³/mol. The van der Waals surface area contributed by atoms with E-state index < -0.39 is 10.0 Å². The van der Waals surface area contributed by atoms with E-state index >= 15 is 0 Å². The lowest BCUT2D eigenvalue weighted by Crippen LogP contribution is -2.14. The largest absolute Gasteiger partial charge is 0.277 e. The third-order valence-electron chi connectivity index (χ3n) is 4.14. The fraction of sp³-hybridized carbons (Fsp3) is 0.118. The van der Waals surface area contributed by atoms with Crippen molar-refractivity contribution < 1.29 is 8.42 Å². The van der Waals surface area contributed by atoms with Gasteiger partial charge in [0.1, 0.15) is 4.90 Å². The Hall–Kier alpha value is -3.20. The van der Waals surface area contributed by atoms with Crippen LogP contribution in [0.4, 0.5) is 5.69 Å². The van der Waals surface area contributed by atoms with Gasteiger partial charge in [-0.05, 0) is 24.3 Å². The molecule has 8 nitrogen and oxygen atoms in total. The van der Waals surface area contributed by atoms with E-state index in [2.05, 4.69) is 19.9 Å². The van der Waals surface area contributed by atoms with Crippen LogP contribution in [0.3, 0.4) is 0 Å². The molecular weight excluding hydrogens is 352 g/mol. The van der Waals surface area contributed by atoms with Gasteiger partial charge in [-0.25, -0.2) is 8.42 Å². The Labute approximate surface area is 150 Å². The second-order valence-corrected chi connectivity index (χ2v) is 7.52. The molecule has 3 heterocycles. The second-order valence-electron chi connectivity index (χ2n) is 5.84. The molecule has 0 radical (unpaired) electrons. The average Bonchev–Trinajstić information content (AvgIpc) is 3.21. The van der Waals surface area contributed by atoms with Crippen LogP contribution in [0.1, 0.15) is 0 Å². The summed E-state index contributed by atoms with van der Waals surface area (Å²) >= 11 is 0. The Bertz CT molecular complexity index is 1190. The van der Waals surface area contributed by atoms with Crippen molar-refractivity contribution in [3.8, 4) is 11.4 Å². The lowest BCUT2D eigenvalue weighted by Gasteiger charge is -2.10. The van der Waals surface area contributed by atoms with E-state index in [9.17, 15) is 8.42 Å². The van der Waals surface area contributed by atoms with E-state index in [4.69, 9.17) is 0 Å². The molecule has 0 fully saturated rings. The number of para-hydroxylation sites is 1. The first kappa shape index (κ1) is 16.3. The van der Waals surface area contributed by atoms with Crippen molar-refractivity contribution in [2.75, 3.05) is 4.72 Å². The fourth-order valence-corrected chi connectivity index (χ4v) is 3.85. The standard InChI is InChI=1S/C17H16N6O2S/c1-22-16(8-9-19-22)14-7-6-13(11-18-14)26(24,25)21-15-5-3-4-12-10-20-23(2)17(12)15/h3-11,21H,1-2H3.